The molecule has 3 aliphatic heterocycles. The molecule has 9 rings (SSSR count). The summed E-state index contributed by atoms with van der Waals surface area (Å²) in [5.41, 5.74) is 8.35. The molecule has 3 aromatic carbocycles. The molecule has 11 nitrogen and oxygen atoms in total. The van der Waals surface area contributed by atoms with E-state index in [1.807, 2.05) is 13.8 Å². The SMILES string of the molecule is Cc1ccc(-c2c(C)noc2C)cc1N(c1ccc(C2(C#N)CC2)cc1)C1CN([C@H]2C[C@@H](Nc3cc4c(cc3F)C(=O)N(C3CCC(=O)NC3=O)C4)C2)C1. The summed E-state index contributed by atoms with van der Waals surface area (Å²) in [7, 11) is 0. The Morgan fingerprint density at radius 3 is 2.46 bits per heavy atom. The fourth-order valence-electron chi connectivity index (χ4n) is 8.87. The molecular formula is C42H42FN7O4. The highest BCUT2D eigenvalue weighted by molar-refractivity contribution is 6.05. The third-order valence-electron chi connectivity index (χ3n) is 12.3. The number of carbonyl (C=O) groups is 3. The number of carbonyl (C=O) groups excluding carboxylic acids is 3. The van der Waals surface area contributed by atoms with Gasteiger partial charge in [0.15, 0.2) is 0 Å². The average Bonchev–Trinajstić information content (AvgIpc) is 3.77. The Hall–Kier alpha value is -5.54. The molecule has 2 aliphatic carbocycles. The second-order valence-corrected chi connectivity index (χ2v) is 15.8. The van der Waals surface area contributed by atoms with Crippen LogP contribution in [0.15, 0.2) is 59.1 Å². The van der Waals surface area contributed by atoms with Gasteiger partial charge in [0.05, 0.1) is 28.9 Å². The minimum atomic E-state index is -0.737. The van der Waals surface area contributed by atoms with E-state index in [4.69, 9.17) is 4.52 Å². The molecule has 0 spiro atoms. The topological polar surface area (TPSA) is 135 Å². The number of amides is 3. The Labute approximate surface area is 313 Å². The van der Waals surface area contributed by atoms with Crippen molar-refractivity contribution in [2.45, 2.75) is 95.4 Å². The summed E-state index contributed by atoms with van der Waals surface area (Å²) in [4.78, 5) is 43.6. The van der Waals surface area contributed by atoms with Crippen LogP contribution >= 0.6 is 0 Å². The van der Waals surface area contributed by atoms with Gasteiger partial charge in [-0.05, 0) is 105 Å². The fourth-order valence-corrected chi connectivity index (χ4v) is 8.87. The van der Waals surface area contributed by atoms with Crippen LogP contribution in [-0.2, 0) is 21.5 Å². The average molecular weight is 728 g/mol. The molecule has 2 N–H and O–H groups in total. The molecule has 4 aromatic rings. The van der Waals surface area contributed by atoms with Crippen LogP contribution in [0.1, 0.15) is 77.0 Å². The van der Waals surface area contributed by atoms with Crippen LogP contribution in [-0.4, -0.2) is 69.9 Å². The molecule has 12 heteroatoms. The fraction of sp³-hybridized carbons (Fsp3) is 0.405. The Morgan fingerprint density at radius 2 is 1.80 bits per heavy atom. The first-order valence-electron chi connectivity index (χ1n) is 18.8. The van der Waals surface area contributed by atoms with Crippen LogP contribution in [0, 0.1) is 37.9 Å². The van der Waals surface area contributed by atoms with E-state index < -0.39 is 17.8 Å². The Kier molecular flexibility index (Phi) is 8.12. The van der Waals surface area contributed by atoms with E-state index in [1.165, 1.54) is 11.0 Å². The van der Waals surface area contributed by atoms with Crippen molar-refractivity contribution in [3.63, 3.8) is 0 Å². The zero-order chi connectivity index (χ0) is 37.5. The Bertz CT molecular complexity index is 2230. The number of imide groups is 1. The van der Waals surface area contributed by atoms with Crippen molar-refractivity contribution in [2.75, 3.05) is 23.3 Å². The zero-order valence-electron chi connectivity index (χ0n) is 30.6. The Balaban J connectivity index is 0.885. The number of aromatic nitrogens is 1. The molecule has 3 amide bonds. The highest BCUT2D eigenvalue weighted by Crippen LogP contribution is 2.48. The molecule has 2 saturated carbocycles. The van der Waals surface area contributed by atoms with E-state index in [0.29, 0.717) is 17.3 Å². The van der Waals surface area contributed by atoms with Crippen molar-refractivity contribution in [2.24, 2.45) is 0 Å². The number of likely N-dealkylation sites (tertiary alicyclic amines) is 1. The summed E-state index contributed by atoms with van der Waals surface area (Å²) in [6, 6.07) is 20.5. The normalized spacial score (nSPS) is 23.3. The van der Waals surface area contributed by atoms with Crippen molar-refractivity contribution in [3.8, 4) is 17.2 Å². The summed E-state index contributed by atoms with van der Waals surface area (Å²) in [5, 5.41) is 19.7. The van der Waals surface area contributed by atoms with Gasteiger partial charge in [0.25, 0.3) is 5.91 Å². The van der Waals surface area contributed by atoms with Crippen LogP contribution in [0.25, 0.3) is 11.1 Å². The lowest BCUT2D eigenvalue weighted by Gasteiger charge is -2.54. The van der Waals surface area contributed by atoms with Crippen LogP contribution in [0.2, 0.25) is 0 Å². The lowest BCUT2D eigenvalue weighted by atomic mass is 9.82. The van der Waals surface area contributed by atoms with Crippen molar-refractivity contribution < 1.29 is 23.3 Å². The number of hydrogen-bond acceptors (Lipinski definition) is 9. The van der Waals surface area contributed by atoms with Crippen LogP contribution in [0.3, 0.4) is 0 Å². The highest BCUT2D eigenvalue weighted by Gasteiger charge is 2.46. The van der Waals surface area contributed by atoms with Gasteiger partial charge >= 0.3 is 0 Å². The maximum absolute atomic E-state index is 15.3. The van der Waals surface area contributed by atoms with E-state index in [2.05, 4.69) is 81.0 Å². The molecule has 1 aromatic heterocycles. The number of aryl methyl sites for hydroxylation is 3. The van der Waals surface area contributed by atoms with Gasteiger partial charge in [0.1, 0.15) is 17.6 Å². The summed E-state index contributed by atoms with van der Waals surface area (Å²) < 4.78 is 20.9. The smallest absolute Gasteiger partial charge is 0.255 e. The van der Waals surface area contributed by atoms with Gasteiger partial charge in [-0.25, -0.2) is 4.39 Å². The van der Waals surface area contributed by atoms with Crippen molar-refractivity contribution in [1.29, 1.82) is 5.26 Å². The predicted octanol–water partition coefficient (Wildman–Crippen LogP) is 6.19. The number of nitrogens with zero attached hydrogens (tertiary/aromatic N) is 5. The largest absolute Gasteiger partial charge is 0.380 e. The minimum Gasteiger partial charge on any atom is -0.380 e. The van der Waals surface area contributed by atoms with Gasteiger partial charge < -0.3 is 19.6 Å². The van der Waals surface area contributed by atoms with E-state index in [1.54, 1.807) is 6.07 Å². The van der Waals surface area contributed by atoms with Gasteiger partial charge in [-0.2, -0.15) is 5.26 Å². The molecule has 1 atom stereocenters. The van der Waals surface area contributed by atoms with Gasteiger partial charge in [0.2, 0.25) is 11.8 Å². The van der Waals surface area contributed by atoms with E-state index >= 15 is 4.39 Å². The second-order valence-electron chi connectivity index (χ2n) is 15.8. The van der Waals surface area contributed by atoms with Gasteiger partial charge in [-0.15, -0.1) is 0 Å². The lowest BCUT2D eigenvalue weighted by Crippen LogP contribution is -2.65. The van der Waals surface area contributed by atoms with Crippen LogP contribution in [0.4, 0.5) is 21.5 Å². The molecule has 1 unspecified atom stereocenters. The summed E-state index contributed by atoms with van der Waals surface area (Å²) in [5.74, 6) is -0.909. The number of nitriles is 1. The number of hydrogen-bond donors (Lipinski definition) is 2. The zero-order valence-corrected chi connectivity index (χ0v) is 30.6. The number of benzene rings is 3. The minimum absolute atomic E-state index is 0.0949. The number of fused-ring (bicyclic) bond motifs is 1. The first kappa shape index (κ1) is 34.2. The maximum Gasteiger partial charge on any atom is 0.255 e. The summed E-state index contributed by atoms with van der Waals surface area (Å²) >= 11 is 0. The van der Waals surface area contributed by atoms with Crippen LogP contribution < -0.4 is 15.5 Å². The van der Waals surface area contributed by atoms with Gasteiger partial charge in [-0.3, -0.25) is 24.6 Å². The Morgan fingerprint density at radius 1 is 1.04 bits per heavy atom. The number of halogens is 1. The molecule has 5 aliphatic rings. The highest BCUT2D eigenvalue weighted by atomic mass is 19.1. The monoisotopic (exact) mass is 727 g/mol. The third kappa shape index (κ3) is 5.73. The molecule has 0 bridgehead atoms. The standard InChI is InChI=1S/C42H42FN7O4/c1-23-4-5-26(39-24(2)47-54-25(39)3)15-37(23)50(30-8-6-28(7-9-30)42(22-44)12-13-42)32-20-48(21-32)31-16-29(17-31)45-35-14-27-19-49(41(53)33(27)18-34(35)43)36-10-11-38(51)46-40(36)52/h4-9,14-15,18,29,31-32,36,45H,10-13,16-17,19-21H2,1-3H3,(H,46,51,52)/t29-,31+,36?. The van der Waals surface area contributed by atoms with Crippen molar-refractivity contribution in [3.05, 3.63) is 94.1 Å². The lowest BCUT2D eigenvalue weighted by molar-refractivity contribution is -0.136. The molecule has 2 saturated heterocycles. The van der Waals surface area contributed by atoms with E-state index in [-0.39, 0.29) is 54.3 Å². The van der Waals surface area contributed by atoms with Crippen LogP contribution in [0.5, 0.6) is 0 Å². The van der Waals surface area contributed by atoms with Gasteiger partial charge in [0, 0.05) is 60.6 Å². The second kappa shape index (κ2) is 12.8. The molecule has 54 heavy (non-hydrogen) atoms. The molecule has 0 radical (unpaired) electrons. The quantitative estimate of drug-likeness (QED) is 0.194. The van der Waals surface area contributed by atoms with Crippen molar-refractivity contribution >= 4 is 34.8 Å². The van der Waals surface area contributed by atoms with E-state index in [0.717, 1.165) is 83.9 Å². The summed E-state index contributed by atoms with van der Waals surface area (Å²) in [6.45, 7) is 8.00. The maximum atomic E-state index is 15.3. The number of rotatable bonds is 9. The van der Waals surface area contributed by atoms with Crippen molar-refractivity contribution in [1.82, 2.24) is 20.3 Å². The predicted molar refractivity (Wildman–Crippen MR) is 199 cm³/mol. The number of nitrogens with one attached hydrogen (secondary N) is 2. The molecular weight excluding hydrogens is 686 g/mol. The molecule has 4 heterocycles. The number of anilines is 3. The summed E-state index contributed by atoms with van der Waals surface area (Å²) in [6.07, 6.45) is 3.99. The van der Waals surface area contributed by atoms with E-state index in [9.17, 15) is 19.6 Å². The molecule has 276 valence electrons. The third-order valence-corrected chi connectivity index (χ3v) is 12.3. The number of piperidine rings is 1. The molecule has 4 fully saturated rings. The first-order valence-corrected chi connectivity index (χ1v) is 18.8. The first-order chi connectivity index (χ1) is 26.0. The van der Waals surface area contributed by atoms with Gasteiger partial charge in [-0.1, -0.05) is 29.4 Å².